The molecule has 142 valence electrons. The third-order valence-electron chi connectivity index (χ3n) is 6.00. The first-order valence-corrected chi connectivity index (χ1v) is 10.6. The second-order valence-electron chi connectivity index (χ2n) is 7.84. The first kappa shape index (κ1) is 18.3. The quantitative estimate of drug-likeness (QED) is 0.594. The number of nitrogens with one attached hydrogen (secondary N) is 1. The summed E-state index contributed by atoms with van der Waals surface area (Å²) in [4.78, 5) is 0. The van der Waals surface area contributed by atoms with Crippen molar-refractivity contribution < 1.29 is 4.74 Å². The van der Waals surface area contributed by atoms with Crippen LogP contribution in [0.4, 0.5) is 0 Å². The van der Waals surface area contributed by atoms with Crippen molar-refractivity contribution in [2.24, 2.45) is 0 Å². The van der Waals surface area contributed by atoms with Gasteiger partial charge in [0.15, 0.2) is 0 Å². The Kier molecular flexibility index (Phi) is 5.94. The Morgan fingerprint density at radius 2 is 2.00 bits per heavy atom. The maximum atomic E-state index is 6.06. The van der Waals surface area contributed by atoms with Crippen LogP contribution in [0.15, 0.2) is 48.5 Å². The highest BCUT2D eigenvalue weighted by atomic mass is 16.5. The van der Waals surface area contributed by atoms with Gasteiger partial charge in [0.1, 0.15) is 5.75 Å². The molecule has 0 radical (unpaired) electrons. The molecule has 2 aromatic carbocycles. The molecule has 0 heterocycles. The highest BCUT2D eigenvalue weighted by Crippen LogP contribution is 2.36. The van der Waals surface area contributed by atoms with E-state index in [0.29, 0.717) is 12.0 Å². The highest BCUT2D eigenvalue weighted by molar-refractivity contribution is 5.63. The van der Waals surface area contributed by atoms with Gasteiger partial charge >= 0.3 is 0 Å². The van der Waals surface area contributed by atoms with Gasteiger partial charge in [-0.05, 0) is 67.3 Å². The lowest BCUT2D eigenvalue weighted by molar-refractivity contribution is 0.301. The standard InChI is InChI=1S/C25H31NO/c1-2-9-23-21-13-4-3-10-20(21)18-24(23)26-16-5-6-17-27-25-15-8-12-19-11-7-14-22(19)25/h3-4,7-8,10-13,15,23-24,26H,2,5-6,9,14,16-18H2,1H3. The average molecular weight is 362 g/mol. The van der Waals surface area contributed by atoms with Crippen molar-refractivity contribution in [2.75, 3.05) is 13.2 Å². The van der Waals surface area contributed by atoms with Crippen LogP contribution in [0.2, 0.25) is 0 Å². The minimum atomic E-state index is 0.603. The van der Waals surface area contributed by atoms with E-state index in [0.717, 1.165) is 31.7 Å². The number of hydrogen-bond donors (Lipinski definition) is 1. The van der Waals surface area contributed by atoms with Crippen molar-refractivity contribution in [1.82, 2.24) is 5.32 Å². The number of rotatable bonds is 9. The maximum absolute atomic E-state index is 6.06. The van der Waals surface area contributed by atoms with Gasteiger partial charge in [-0.3, -0.25) is 0 Å². The van der Waals surface area contributed by atoms with Gasteiger partial charge in [0.25, 0.3) is 0 Å². The van der Waals surface area contributed by atoms with E-state index in [4.69, 9.17) is 4.74 Å². The molecule has 0 spiro atoms. The van der Waals surface area contributed by atoms with Crippen molar-refractivity contribution in [3.63, 3.8) is 0 Å². The van der Waals surface area contributed by atoms with E-state index in [1.165, 1.54) is 36.8 Å². The minimum Gasteiger partial charge on any atom is -0.493 e. The molecular weight excluding hydrogens is 330 g/mol. The Balaban J connectivity index is 1.20. The van der Waals surface area contributed by atoms with E-state index >= 15 is 0 Å². The summed E-state index contributed by atoms with van der Waals surface area (Å²) in [7, 11) is 0. The normalized spacial score (nSPS) is 19.9. The second-order valence-corrected chi connectivity index (χ2v) is 7.84. The van der Waals surface area contributed by atoms with Crippen LogP contribution >= 0.6 is 0 Å². The molecule has 0 amide bonds. The first-order valence-electron chi connectivity index (χ1n) is 10.6. The van der Waals surface area contributed by atoms with Gasteiger partial charge in [-0.2, -0.15) is 0 Å². The highest BCUT2D eigenvalue weighted by Gasteiger charge is 2.30. The van der Waals surface area contributed by atoms with Gasteiger partial charge in [-0.1, -0.05) is 61.9 Å². The van der Waals surface area contributed by atoms with Crippen LogP contribution in [0.5, 0.6) is 5.75 Å². The SMILES string of the molecule is CCCC1c2ccccc2CC1NCCCCOc1cccc2c1CC=C2. The van der Waals surface area contributed by atoms with Crippen LogP contribution in [-0.4, -0.2) is 19.2 Å². The summed E-state index contributed by atoms with van der Waals surface area (Å²) in [6, 6.07) is 16.0. The van der Waals surface area contributed by atoms with Gasteiger partial charge in [0.2, 0.25) is 0 Å². The molecule has 0 saturated heterocycles. The number of unbranched alkanes of at least 4 members (excludes halogenated alkanes) is 1. The molecule has 2 aliphatic rings. The molecule has 0 fully saturated rings. The minimum absolute atomic E-state index is 0.603. The summed E-state index contributed by atoms with van der Waals surface area (Å²) >= 11 is 0. The molecule has 0 bridgehead atoms. The molecule has 2 aromatic rings. The van der Waals surface area contributed by atoms with Crippen molar-refractivity contribution in [1.29, 1.82) is 0 Å². The van der Waals surface area contributed by atoms with Crippen molar-refractivity contribution in [2.45, 2.75) is 57.4 Å². The van der Waals surface area contributed by atoms with Crippen molar-refractivity contribution >= 4 is 6.08 Å². The Labute approximate surface area is 163 Å². The summed E-state index contributed by atoms with van der Waals surface area (Å²) in [6.45, 7) is 4.18. The lowest BCUT2D eigenvalue weighted by Crippen LogP contribution is -2.33. The monoisotopic (exact) mass is 361 g/mol. The number of allylic oxidation sites excluding steroid dienone is 1. The molecule has 1 N–H and O–H groups in total. The van der Waals surface area contributed by atoms with Gasteiger partial charge in [0, 0.05) is 11.6 Å². The second kappa shape index (κ2) is 8.75. The van der Waals surface area contributed by atoms with Crippen molar-refractivity contribution in [3.05, 3.63) is 70.8 Å². The predicted molar refractivity (Wildman–Crippen MR) is 113 cm³/mol. The third kappa shape index (κ3) is 4.11. The van der Waals surface area contributed by atoms with E-state index in [1.54, 1.807) is 11.1 Å². The van der Waals surface area contributed by atoms with E-state index in [2.05, 4.69) is 66.9 Å². The molecule has 2 atom stereocenters. The molecule has 2 nitrogen and oxygen atoms in total. The molecule has 0 aromatic heterocycles. The van der Waals surface area contributed by atoms with Crippen LogP contribution in [0.3, 0.4) is 0 Å². The molecule has 2 unspecified atom stereocenters. The van der Waals surface area contributed by atoms with Gasteiger partial charge in [-0.25, -0.2) is 0 Å². The van der Waals surface area contributed by atoms with Crippen LogP contribution in [0, 0.1) is 0 Å². The molecule has 0 saturated carbocycles. The molecule has 0 aliphatic heterocycles. The summed E-state index contributed by atoms with van der Waals surface area (Å²) in [5.41, 5.74) is 5.79. The molecule has 27 heavy (non-hydrogen) atoms. The van der Waals surface area contributed by atoms with Crippen LogP contribution in [-0.2, 0) is 12.8 Å². The summed E-state index contributed by atoms with van der Waals surface area (Å²) in [6.07, 6.45) is 11.4. The summed E-state index contributed by atoms with van der Waals surface area (Å²) in [5, 5.41) is 3.84. The van der Waals surface area contributed by atoms with Crippen LogP contribution in [0.25, 0.3) is 6.08 Å². The third-order valence-corrected chi connectivity index (χ3v) is 6.00. The van der Waals surface area contributed by atoms with E-state index in [-0.39, 0.29) is 0 Å². The summed E-state index contributed by atoms with van der Waals surface area (Å²) < 4.78 is 6.06. The van der Waals surface area contributed by atoms with Gasteiger partial charge < -0.3 is 10.1 Å². The van der Waals surface area contributed by atoms with Gasteiger partial charge in [0.05, 0.1) is 6.61 Å². The number of benzene rings is 2. The zero-order valence-electron chi connectivity index (χ0n) is 16.4. The van der Waals surface area contributed by atoms with E-state index in [1.807, 2.05) is 0 Å². The van der Waals surface area contributed by atoms with Crippen LogP contribution in [0.1, 0.15) is 60.8 Å². The fourth-order valence-corrected chi connectivity index (χ4v) is 4.65. The zero-order chi connectivity index (χ0) is 18.5. The molecular formula is C25H31NO. The molecule has 2 heteroatoms. The topological polar surface area (TPSA) is 21.3 Å². The Morgan fingerprint density at radius 3 is 2.93 bits per heavy atom. The van der Waals surface area contributed by atoms with Crippen molar-refractivity contribution in [3.8, 4) is 5.75 Å². The number of fused-ring (bicyclic) bond motifs is 2. The Hall–Kier alpha value is -2.06. The lowest BCUT2D eigenvalue weighted by Gasteiger charge is -2.21. The Bertz CT molecular complexity index is 795. The van der Waals surface area contributed by atoms with Crippen LogP contribution < -0.4 is 10.1 Å². The van der Waals surface area contributed by atoms with E-state index in [9.17, 15) is 0 Å². The molecule has 4 rings (SSSR count). The average Bonchev–Trinajstić information content (AvgIpc) is 3.30. The maximum Gasteiger partial charge on any atom is 0.123 e. The number of ether oxygens (including phenoxy) is 1. The van der Waals surface area contributed by atoms with E-state index < -0.39 is 0 Å². The Morgan fingerprint density at radius 1 is 1.07 bits per heavy atom. The largest absolute Gasteiger partial charge is 0.493 e. The fourth-order valence-electron chi connectivity index (χ4n) is 4.65. The predicted octanol–water partition coefficient (Wildman–Crippen LogP) is 5.51. The number of hydrogen-bond acceptors (Lipinski definition) is 2. The zero-order valence-corrected chi connectivity index (χ0v) is 16.4. The first-order chi connectivity index (χ1) is 13.4. The fraction of sp³-hybridized carbons (Fsp3) is 0.440. The van der Waals surface area contributed by atoms with Gasteiger partial charge in [-0.15, -0.1) is 0 Å². The molecule has 2 aliphatic carbocycles. The lowest BCUT2D eigenvalue weighted by atomic mass is 9.93. The summed E-state index contributed by atoms with van der Waals surface area (Å²) in [5.74, 6) is 1.75. The smallest absolute Gasteiger partial charge is 0.123 e.